The number of aryl methyl sites for hydroxylation is 1. The highest BCUT2D eigenvalue weighted by molar-refractivity contribution is 9.12. The molecule has 1 aromatic heterocycles. The van der Waals surface area contributed by atoms with Gasteiger partial charge in [-0.05, 0) is 56.5 Å². The summed E-state index contributed by atoms with van der Waals surface area (Å²) in [5.41, 5.74) is 8.12. The Balaban J connectivity index is 2.31. The molecule has 1 heterocycles. The quantitative estimate of drug-likeness (QED) is 0.297. The number of anilines is 1. The van der Waals surface area contributed by atoms with E-state index in [-0.39, 0.29) is 11.7 Å². The minimum atomic E-state index is -0.233. The number of nitrogens with one attached hydrogen (secondary N) is 1. The fourth-order valence-electron chi connectivity index (χ4n) is 1.66. The summed E-state index contributed by atoms with van der Waals surface area (Å²) < 4.78 is 1.61. The van der Waals surface area contributed by atoms with E-state index in [9.17, 15) is 4.79 Å². The summed E-state index contributed by atoms with van der Waals surface area (Å²) in [6.07, 6.45) is 0. The molecule has 0 aliphatic carbocycles. The summed E-state index contributed by atoms with van der Waals surface area (Å²) >= 11 is 8.12. The zero-order chi connectivity index (χ0) is 15.6. The van der Waals surface area contributed by atoms with E-state index in [0.29, 0.717) is 16.8 Å². The third-order valence-electron chi connectivity index (χ3n) is 2.79. The molecule has 0 saturated heterocycles. The number of amidine groups is 1. The molecule has 0 radical (unpaired) electrons. The minimum absolute atomic E-state index is 0.00930. The van der Waals surface area contributed by atoms with E-state index in [4.69, 9.17) is 10.9 Å². The topological polar surface area (TPSA) is 87.7 Å². The number of halogens is 2. The molecule has 0 spiro atoms. The lowest BCUT2D eigenvalue weighted by Crippen LogP contribution is -2.16. The van der Waals surface area contributed by atoms with Gasteiger partial charge >= 0.3 is 0 Å². The maximum atomic E-state index is 12.3. The summed E-state index contributed by atoms with van der Waals surface area (Å²) in [5, 5.41) is 14.5. The highest BCUT2D eigenvalue weighted by Crippen LogP contribution is 2.32. The number of nitrogens with two attached hydrogens (primary N) is 1. The van der Waals surface area contributed by atoms with Crippen molar-refractivity contribution in [2.45, 2.75) is 6.92 Å². The van der Waals surface area contributed by atoms with Gasteiger partial charge < -0.3 is 16.3 Å². The maximum absolute atomic E-state index is 12.3. The monoisotopic (exact) mass is 431 g/mol. The Morgan fingerprint density at radius 3 is 2.67 bits per heavy atom. The van der Waals surface area contributed by atoms with Crippen LogP contribution in [0.5, 0.6) is 0 Å². The minimum Gasteiger partial charge on any atom is -0.409 e. The standard InChI is InChI=1S/C13H11Br2N3O2S/c1-6-2-3-7(12(16)18-20)4-9(6)17-13(19)8-5-10(14)21-11(8)15/h2-5,20H,1H3,(H2,16,18)(H,17,19). The van der Waals surface area contributed by atoms with Crippen LogP contribution in [-0.2, 0) is 0 Å². The zero-order valence-electron chi connectivity index (χ0n) is 10.9. The van der Waals surface area contributed by atoms with Crippen LogP contribution in [0.3, 0.4) is 0 Å². The van der Waals surface area contributed by atoms with Crippen molar-refractivity contribution >= 4 is 60.6 Å². The van der Waals surface area contributed by atoms with Gasteiger partial charge in [0.1, 0.15) is 0 Å². The number of amides is 1. The van der Waals surface area contributed by atoms with E-state index in [1.54, 1.807) is 24.3 Å². The number of carbonyl (C=O) groups is 1. The number of hydrogen-bond acceptors (Lipinski definition) is 4. The molecular formula is C13H11Br2N3O2S. The summed E-state index contributed by atoms with van der Waals surface area (Å²) in [4.78, 5) is 12.3. The Morgan fingerprint density at radius 2 is 2.10 bits per heavy atom. The Hall–Kier alpha value is -1.38. The van der Waals surface area contributed by atoms with Gasteiger partial charge in [0, 0.05) is 11.3 Å². The molecule has 0 unspecified atom stereocenters. The average molecular weight is 433 g/mol. The molecule has 110 valence electrons. The third kappa shape index (κ3) is 3.63. The molecule has 0 aliphatic rings. The number of hydrogen-bond donors (Lipinski definition) is 3. The van der Waals surface area contributed by atoms with Gasteiger partial charge in [-0.2, -0.15) is 0 Å². The van der Waals surface area contributed by atoms with E-state index >= 15 is 0 Å². The van der Waals surface area contributed by atoms with Gasteiger partial charge in [-0.1, -0.05) is 17.3 Å². The van der Waals surface area contributed by atoms with Gasteiger partial charge in [0.2, 0.25) is 0 Å². The molecule has 2 rings (SSSR count). The first-order valence-corrected chi connectivity index (χ1v) is 8.17. The van der Waals surface area contributed by atoms with Crippen LogP contribution in [0.25, 0.3) is 0 Å². The van der Waals surface area contributed by atoms with Gasteiger partial charge in [-0.3, -0.25) is 4.79 Å². The second kappa shape index (κ2) is 6.59. The van der Waals surface area contributed by atoms with E-state index < -0.39 is 0 Å². The summed E-state index contributed by atoms with van der Waals surface area (Å²) in [6, 6.07) is 6.92. The first-order valence-electron chi connectivity index (χ1n) is 5.77. The van der Waals surface area contributed by atoms with Gasteiger partial charge in [-0.15, -0.1) is 11.3 Å². The SMILES string of the molecule is Cc1ccc(/C(N)=N/O)cc1NC(=O)c1cc(Br)sc1Br. The van der Waals surface area contributed by atoms with Gasteiger partial charge in [0.15, 0.2) is 5.84 Å². The largest absolute Gasteiger partial charge is 0.409 e. The molecule has 4 N–H and O–H groups in total. The predicted molar refractivity (Wildman–Crippen MR) is 91.4 cm³/mol. The van der Waals surface area contributed by atoms with Crippen molar-refractivity contribution in [3.8, 4) is 0 Å². The summed E-state index contributed by atoms with van der Waals surface area (Å²) in [7, 11) is 0. The molecule has 0 fully saturated rings. The molecule has 8 heteroatoms. The van der Waals surface area contributed by atoms with Crippen molar-refractivity contribution < 1.29 is 10.0 Å². The Bertz CT molecular complexity index is 728. The maximum Gasteiger partial charge on any atom is 0.257 e. The van der Waals surface area contributed by atoms with Crippen LogP contribution in [0.2, 0.25) is 0 Å². The van der Waals surface area contributed by atoms with E-state index in [1.165, 1.54) is 11.3 Å². The van der Waals surface area contributed by atoms with Crippen LogP contribution in [0.1, 0.15) is 21.5 Å². The van der Waals surface area contributed by atoms with Gasteiger partial charge in [0.05, 0.1) is 13.1 Å². The molecule has 2 aromatic rings. The molecule has 0 bridgehead atoms. The summed E-state index contributed by atoms with van der Waals surface area (Å²) in [5.74, 6) is -0.242. The van der Waals surface area contributed by atoms with Crippen LogP contribution in [0.4, 0.5) is 5.69 Å². The normalized spacial score (nSPS) is 11.5. The first-order chi connectivity index (χ1) is 9.92. The number of thiophene rings is 1. The Morgan fingerprint density at radius 1 is 1.38 bits per heavy atom. The lowest BCUT2D eigenvalue weighted by Gasteiger charge is -2.10. The molecule has 0 aliphatic heterocycles. The lowest BCUT2D eigenvalue weighted by atomic mass is 10.1. The highest BCUT2D eigenvalue weighted by atomic mass is 79.9. The number of carbonyl (C=O) groups excluding carboxylic acids is 1. The molecule has 1 amide bonds. The average Bonchev–Trinajstić information content (AvgIpc) is 2.79. The van der Waals surface area contributed by atoms with Crippen molar-refractivity contribution in [1.82, 2.24) is 0 Å². The number of benzene rings is 1. The van der Waals surface area contributed by atoms with E-state index in [1.807, 2.05) is 6.92 Å². The molecular weight excluding hydrogens is 422 g/mol. The van der Waals surface area contributed by atoms with E-state index in [0.717, 1.165) is 13.1 Å². The lowest BCUT2D eigenvalue weighted by molar-refractivity contribution is 0.102. The zero-order valence-corrected chi connectivity index (χ0v) is 14.8. The molecule has 21 heavy (non-hydrogen) atoms. The van der Waals surface area contributed by atoms with Crippen molar-refractivity contribution in [3.05, 3.63) is 48.5 Å². The fourth-order valence-corrected chi connectivity index (χ4v) is 4.45. The van der Waals surface area contributed by atoms with Crippen LogP contribution >= 0.6 is 43.2 Å². The molecule has 1 aromatic carbocycles. The fraction of sp³-hybridized carbons (Fsp3) is 0.0769. The Labute approximate surface area is 142 Å². The summed E-state index contributed by atoms with van der Waals surface area (Å²) in [6.45, 7) is 1.87. The Kier molecular flexibility index (Phi) is 5.02. The van der Waals surface area contributed by atoms with Crippen LogP contribution < -0.4 is 11.1 Å². The van der Waals surface area contributed by atoms with Crippen LogP contribution in [0.15, 0.2) is 37.0 Å². The number of rotatable bonds is 3. The van der Waals surface area contributed by atoms with Crippen molar-refractivity contribution in [1.29, 1.82) is 0 Å². The smallest absolute Gasteiger partial charge is 0.257 e. The second-order valence-electron chi connectivity index (χ2n) is 4.21. The van der Waals surface area contributed by atoms with Gasteiger partial charge in [-0.25, -0.2) is 0 Å². The van der Waals surface area contributed by atoms with Crippen molar-refractivity contribution in [2.24, 2.45) is 10.9 Å². The third-order valence-corrected chi connectivity index (χ3v) is 5.13. The van der Waals surface area contributed by atoms with Crippen LogP contribution in [-0.4, -0.2) is 17.0 Å². The number of oxime groups is 1. The predicted octanol–water partition coefficient (Wildman–Crippen LogP) is 3.93. The van der Waals surface area contributed by atoms with E-state index in [2.05, 4.69) is 42.3 Å². The second-order valence-corrected chi connectivity index (χ2v) is 7.96. The first kappa shape index (κ1) is 16.0. The van der Waals surface area contributed by atoms with Crippen LogP contribution in [0, 0.1) is 6.92 Å². The molecule has 0 atom stereocenters. The van der Waals surface area contributed by atoms with Crippen molar-refractivity contribution in [2.75, 3.05) is 5.32 Å². The molecule has 5 nitrogen and oxygen atoms in total. The highest BCUT2D eigenvalue weighted by Gasteiger charge is 2.15. The molecule has 0 saturated carbocycles. The van der Waals surface area contributed by atoms with Gasteiger partial charge in [0.25, 0.3) is 5.91 Å². The van der Waals surface area contributed by atoms with Crippen molar-refractivity contribution in [3.63, 3.8) is 0 Å². The number of nitrogens with zero attached hydrogens (tertiary/aromatic N) is 1.